The van der Waals surface area contributed by atoms with Crippen LogP contribution in [0.5, 0.6) is 11.5 Å². The number of hydrogen-bond acceptors (Lipinski definition) is 6. The molecule has 0 atom stereocenters. The summed E-state index contributed by atoms with van der Waals surface area (Å²) in [6, 6.07) is 19.9. The van der Waals surface area contributed by atoms with Crippen LogP contribution in [0.25, 0.3) is 6.08 Å². The van der Waals surface area contributed by atoms with Gasteiger partial charge in [0.2, 0.25) is 5.91 Å². The third kappa shape index (κ3) is 6.65. The Morgan fingerprint density at radius 2 is 1.83 bits per heavy atom. The second kappa shape index (κ2) is 11.1. The second-order valence-corrected chi connectivity index (χ2v) is 9.00. The molecule has 7 nitrogen and oxygen atoms in total. The first-order valence-corrected chi connectivity index (χ1v) is 11.8. The van der Waals surface area contributed by atoms with Crippen LogP contribution in [-0.2, 0) is 16.2 Å². The zero-order valence-electron chi connectivity index (χ0n) is 19.0. The predicted octanol–water partition coefficient (Wildman–Crippen LogP) is 5.78. The number of methoxy groups -OCH3 is 1. The third-order valence-electron chi connectivity index (χ3n) is 4.86. The maximum Gasteiger partial charge on any atom is 0.264 e. The number of carbonyl (C=O) groups is 2. The van der Waals surface area contributed by atoms with Gasteiger partial charge in [-0.25, -0.2) is 4.99 Å². The van der Waals surface area contributed by atoms with E-state index in [4.69, 9.17) is 21.1 Å². The van der Waals surface area contributed by atoms with E-state index in [-0.39, 0.29) is 11.8 Å². The SMILES string of the molecule is COc1cc(/C=C2\SC(=Nc3ccc(NC(C)=O)cc3)NC2=O)ccc1OCc1ccc(Cl)cc1. The Kier molecular flexibility index (Phi) is 7.74. The molecule has 0 unspecified atom stereocenters. The van der Waals surface area contributed by atoms with Crippen molar-refractivity contribution in [1.82, 2.24) is 5.32 Å². The van der Waals surface area contributed by atoms with Crippen molar-refractivity contribution >= 4 is 57.8 Å². The standard InChI is InChI=1S/C26H22ClN3O4S/c1-16(31)28-20-8-10-21(11-9-20)29-26-30-25(32)24(35-26)14-18-5-12-22(23(13-18)33-2)34-15-17-3-6-19(27)7-4-17/h3-14H,15H2,1-2H3,(H,28,31)(H,29,30,32)/b24-14-. The van der Waals surface area contributed by atoms with Crippen molar-refractivity contribution in [2.45, 2.75) is 13.5 Å². The fourth-order valence-electron chi connectivity index (χ4n) is 3.21. The van der Waals surface area contributed by atoms with E-state index < -0.39 is 0 Å². The van der Waals surface area contributed by atoms with Crippen LogP contribution < -0.4 is 20.1 Å². The van der Waals surface area contributed by atoms with E-state index in [0.717, 1.165) is 11.1 Å². The highest BCUT2D eigenvalue weighted by atomic mass is 35.5. The van der Waals surface area contributed by atoms with Crippen molar-refractivity contribution < 1.29 is 19.1 Å². The van der Waals surface area contributed by atoms with Crippen molar-refractivity contribution in [3.8, 4) is 11.5 Å². The van der Waals surface area contributed by atoms with Crippen LogP contribution in [0.3, 0.4) is 0 Å². The molecule has 2 amide bonds. The lowest BCUT2D eigenvalue weighted by Crippen LogP contribution is -2.19. The summed E-state index contributed by atoms with van der Waals surface area (Å²) in [5, 5.41) is 6.62. The zero-order chi connectivity index (χ0) is 24.8. The molecule has 0 bridgehead atoms. The summed E-state index contributed by atoms with van der Waals surface area (Å²) in [4.78, 5) is 28.6. The number of nitrogens with one attached hydrogen (secondary N) is 2. The Morgan fingerprint density at radius 3 is 2.51 bits per heavy atom. The van der Waals surface area contributed by atoms with Gasteiger partial charge in [0.1, 0.15) is 6.61 Å². The summed E-state index contributed by atoms with van der Waals surface area (Å²) in [5.41, 5.74) is 3.11. The van der Waals surface area contributed by atoms with Gasteiger partial charge in [0, 0.05) is 17.6 Å². The molecule has 3 aromatic carbocycles. The topological polar surface area (TPSA) is 89.0 Å². The molecule has 0 aromatic heterocycles. The summed E-state index contributed by atoms with van der Waals surface area (Å²) >= 11 is 7.18. The molecule has 4 rings (SSSR count). The number of benzene rings is 3. The lowest BCUT2D eigenvalue weighted by atomic mass is 10.2. The molecule has 0 saturated carbocycles. The third-order valence-corrected chi connectivity index (χ3v) is 6.02. The number of amidine groups is 1. The molecular weight excluding hydrogens is 486 g/mol. The summed E-state index contributed by atoms with van der Waals surface area (Å²) < 4.78 is 11.4. The molecule has 35 heavy (non-hydrogen) atoms. The van der Waals surface area contributed by atoms with Crippen molar-refractivity contribution in [2.24, 2.45) is 4.99 Å². The van der Waals surface area contributed by atoms with Gasteiger partial charge >= 0.3 is 0 Å². The van der Waals surface area contributed by atoms with Gasteiger partial charge in [-0.2, -0.15) is 0 Å². The van der Waals surface area contributed by atoms with Gasteiger partial charge in [0.25, 0.3) is 5.91 Å². The maximum atomic E-state index is 12.5. The number of nitrogens with zero attached hydrogens (tertiary/aromatic N) is 1. The number of ether oxygens (including phenoxy) is 2. The normalized spacial score (nSPS) is 15.2. The first-order chi connectivity index (χ1) is 16.9. The molecule has 0 aliphatic carbocycles. The first-order valence-electron chi connectivity index (χ1n) is 10.6. The van der Waals surface area contributed by atoms with Crippen LogP contribution in [0, 0.1) is 0 Å². The number of amides is 2. The Hall–Kier alpha value is -3.75. The van der Waals surface area contributed by atoms with Crippen LogP contribution in [0.1, 0.15) is 18.1 Å². The Labute approximate surface area is 212 Å². The lowest BCUT2D eigenvalue weighted by Gasteiger charge is -2.11. The average molecular weight is 508 g/mol. The van der Waals surface area contributed by atoms with E-state index in [1.807, 2.05) is 42.5 Å². The highest BCUT2D eigenvalue weighted by Crippen LogP contribution is 2.33. The van der Waals surface area contributed by atoms with Crippen molar-refractivity contribution in [2.75, 3.05) is 12.4 Å². The van der Waals surface area contributed by atoms with E-state index in [0.29, 0.717) is 44.6 Å². The molecule has 1 saturated heterocycles. The van der Waals surface area contributed by atoms with Crippen molar-refractivity contribution in [3.05, 3.63) is 87.8 Å². The molecule has 9 heteroatoms. The molecule has 1 heterocycles. The molecule has 0 radical (unpaired) electrons. The Bertz CT molecular complexity index is 1310. The largest absolute Gasteiger partial charge is 0.493 e. The molecule has 0 spiro atoms. The second-order valence-electron chi connectivity index (χ2n) is 7.54. The molecule has 2 N–H and O–H groups in total. The van der Waals surface area contributed by atoms with Gasteiger partial charge in [-0.3, -0.25) is 9.59 Å². The van der Waals surface area contributed by atoms with E-state index in [1.54, 1.807) is 37.5 Å². The van der Waals surface area contributed by atoms with Crippen LogP contribution >= 0.6 is 23.4 Å². The molecular formula is C26H22ClN3O4S. The van der Waals surface area contributed by atoms with Gasteiger partial charge in [-0.05, 0) is 77.5 Å². The minimum Gasteiger partial charge on any atom is -0.493 e. The predicted molar refractivity (Wildman–Crippen MR) is 140 cm³/mol. The molecule has 1 fully saturated rings. The number of rotatable bonds is 7. The van der Waals surface area contributed by atoms with Gasteiger partial charge in [0.15, 0.2) is 16.7 Å². The average Bonchev–Trinajstić information content (AvgIpc) is 3.18. The molecule has 3 aromatic rings. The summed E-state index contributed by atoms with van der Waals surface area (Å²) in [6.45, 7) is 1.82. The van der Waals surface area contributed by atoms with Gasteiger partial charge in [-0.15, -0.1) is 0 Å². The van der Waals surface area contributed by atoms with E-state index in [1.165, 1.54) is 18.7 Å². The Balaban J connectivity index is 1.44. The minimum absolute atomic E-state index is 0.143. The van der Waals surface area contributed by atoms with Crippen LogP contribution in [0.15, 0.2) is 76.6 Å². The summed E-state index contributed by atoms with van der Waals surface area (Å²) in [5.74, 6) is 0.781. The highest BCUT2D eigenvalue weighted by molar-refractivity contribution is 8.18. The quantitative estimate of drug-likeness (QED) is 0.396. The molecule has 1 aliphatic rings. The van der Waals surface area contributed by atoms with E-state index >= 15 is 0 Å². The van der Waals surface area contributed by atoms with Crippen molar-refractivity contribution in [3.63, 3.8) is 0 Å². The number of aliphatic imine (C=N–C) groups is 1. The van der Waals surface area contributed by atoms with Gasteiger partial charge in [-0.1, -0.05) is 29.8 Å². The molecule has 1 aliphatic heterocycles. The van der Waals surface area contributed by atoms with E-state index in [9.17, 15) is 9.59 Å². The number of carbonyl (C=O) groups excluding carboxylic acids is 2. The smallest absolute Gasteiger partial charge is 0.264 e. The maximum absolute atomic E-state index is 12.5. The Morgan fingerprint density at radius 1 is 1.09 bits per heavy atom. The number of thioether (sulfide) groups is 1. The number of halogens is 1. The summed E-state index contributed by atoms with van der Waals surface area (Å²) in [7, 11) is 1.57. The monoisotopic (exact) mass is 507 g/mol. The first kappa shape index (κ1) is 24.4. The fourth-order valence-corrected chi connectivity index (χ4v) is 4.17. The minimum atomic E-state index is -0.231. The molecule has 178 valence electrons. The highest BCUT2D eigenvalue weighted by Gasteiger charge is 2.24. The lowest BCUT2D eigenvalue weighted by molar-refractivity contribution is -0.115. The zero-order valence-corrected chi connectivity index (χ0v) is 20.6. The van der Waals surface area contributed by atoms with Crippen LogP contribution in [-0.4, -0.2) is 24.1 Å². The van der Waals surface area contributed by atoms with Crippen LogP contribution in [0.2, 0.25) is 5.02 Å². The summed E-state index contributed by atoms with van der Waals surface area (Å²) in [6.07, 6.45) is 1.77. The fraction of sp³-hybridized carbons (Fsp3) is 0.115. The van der Waals surface area contributed by atoms with Gasteiger partial charge in [0.05, 0.1) is 17.7 Å². The van der Waals surface area contributed by atoms with Crippen LogP contribution in [0.4, 0.5) is 11.4 Å². The van der Waals surface area contributed by atoms with E-state index in [2.05, 4.69) is 15.6 Å². The van der Waals surface area contributed by atoms with Gasteiger partial charge < -0.3 is 20.1 Å². The van der Waals surface area contributed by atoms with Crippen molar-refractivity contribution in [1.29, 1.82) is 0 Å². The number of anilines is 1. The number of hydrogen-bond donors (Lipinski definition) is 2.